The van der Waals surface area contributed by atoms with E-state index in [4.69, 9.17) is 5.73 Å². The third-order valence-electron chi connectivity index (χ3n) is 2.00. The van der Waals surface area contributed by atoms with Crippen molar-refractivity contribution in [1.82, 2.24) is 9.97 Å². The zero-order chi connectivity index (χ0) is 8.55. The first-order valence-corrected chi connectivity index (χ1v) is 3.85. The Hall–Kier alpha value is -1.29. The average Bonchev–Trinajstić information content (AvgIpc) is 2.04. The van der Waals surface area contributed by atoms with E-state index in [1.807, 2.05) is 0 Å². The molecule has 0 aliphatic heterocycles. The van der Waals surface area contributed by atoms with Crippen molar-refractivity contribution in [2.75, 3.05) is 0 Å². The zero-order valence-electron chi connectivity index (χ0n) is 6.53. The van der Waals surface area contributed by atoms with E-state index in [1.165, 1.54) is 6.33 Å². The maximum Gasteiger partial charge on any atom is 0.167 e. The van der Waals surface area contributed by atoms with Gasteiger partial charge in [-0.3, -0.25) is 4.79 Å². The Morgan fingerprint density at radius 2 is 2.33 bits per heavy atom. The molecule has 1 aliphatic carbocycles. The van der Waals surface area contributed by atoms with Crippen molar-refractivity contribution in [2.45, 2.75) is 18.9 Å². The van der Waals surface area contributed by atoms with Crippen LogP contribution in [0.1, 0.15) is 22.5 Å². The van der Waals surface area contributed by atoms with Gasteiger partial charge in [-0.05, 0) is 0 Å². The standard InChI is InChI=1S/C8H9N3O/c9-5-1-7-6(8(12)2-5)3-10-4-11-7/h3-5H,1-2,9H2. The Bertz CT molecular complexity index is 324. The summed E-state index contributed by atoms with van der Waals surface area (Å²) < 4.78 is 0. The first kappa shape index (κ1) is 7.36. The summed E-state index contributed by atoms with van der Waals surface area (Å²) in [4.78, 5) is 19.1. The predicted molar refractivity (Wildman–Crippen MR) is 42.7 cm³/mol. The monoisotopic (exact) mass is 163 g/mol. The molecule has 2 N–H and O–H groups in total. The molecule has 1 aromatic heterocycles. The van der Waals surface area contributed by atoms with E-state index in [0.717, 1.165) is 5.69 Å². The summed E-state index contributed by atoms with van der Waals surface area (Å²) >= 11 is 0. The molecule has 0 saturated carbocycles. The molecule has 4 heteroatoms. The lowest BCUT2D eigenvalue weighted by atomic mass is 9.93. The fraction of sp³-hybridized carbons (Fsp3) is 0.375. The molecule has 1 atom stereocenters. The number of nitrogens with zero attached hydrogens (tertiary/aromatic N) is 2. The highest BCUT2D eigenvalue weighted by Crippen LogP contribution is 2.16. The summed E-state index contributed by atoms with van der Waals surface area (Å²) in [6.07, 6.45) is 4.12. The van der Waals surface area contributed by atoms with Gasteiger partial charge in [-0.2, -0.15) is 0 Å². The number of Topliss-reactive ketones (excluding diaryl/α,β-unsaturated/α-hetero) is 1. The summed E-state index contributed by atoms with van der Waals surface area (Å²) in [5.74, 6) is 0.0596. The van der Waals surface area contributed by atoms with Gasteiger partial charge >= 0.3 is 0 Å². The van der Waals surface area contributed by atoms with E-state index < -0.39 is 0 Å². The molecule has 0 aromatic carbocycles. The van der Waals surface area contributed by atoms with Crippen LogP contribution in [-0.4, -0.2) is 21.8 Å². The number of ketones is 1. The second kappa shape index (κ2) is 2.64. The molecule has 1 aliphatic rings. The van der Waals surface area contributed by atoms with Crippen LogP contribution in [0.25, 0.3) is 0 Å². The van der Waals surface area contributed by atoms with Crippen LogP contribution in [0, 0.1) is 0 Å². The van der Waals surface area contributed by atoms with Crippen molar-refractivity contribution in [3.63, 3.8) is 0 Å². The number of hydrogen-bond donors (Lipinski definition) is 1. The lowest BCUT2D eigenvalue weighted by molar-refractivity contribution is 0.0964. The van der Waals surface area contributed by atoms with Gasteiger partial charge in [-0.1, -0.05) is 0 Å². The maximum absolute atomic E-state index is 11.3. The van der Waals surface area contributed by atoms with Gasteiger partial charge in [0.25, 0.3) is 0 Å². The Balaban J connectivity index is 2.47. The molecule has 0 fully saturated rings. The molecular weight excluding hydrogens is 154 g/mol. The van der Waals surface area contributed by atoms with Gasteiger partial charge in [0.15, 0.2) is 5.78 Å². The van der Waals surface area contributed by atoms with E-state index in [-0.39, 0.29) is 11.8 Å². The lowest BCUT2D eigenvalue weighted by Gasteiger charge is -2.17. The van der Waals surface area contributed by atoms with Gasteiger partial charge in [0.05, 0.1) is 11.3 Å². The van der Waals surface area contributed by atoms with Crippen LogP contribution in [0.2, 0.25) is 0 Å². The normalized spacial score (nSPS) is 22.1. The number of hydrogen-bond acceptors (Lipinski definition) is 4. The maximum atomic E-state index is 11.3. The lowest BCUT2D eigenvalue weighted by Crippen LogP contribution is -2.32. The largest absolute Gasteiger partial charge is 0.327 e. The molecule has 1 aromatic rings. The third-order valence-corrected chi connectivity index (χ3v) is 2.00. The molecule has 0 amide bonds. The van der Waals surface area contributed by atoms with Gasteiger partial charge in [0.1, 0.15) is 6.33 Å². The van der Waals surface area contributed by atoms with Crippen LogP contribution in [0.5, 0.6) is 0 Å². The highest BCUT2D eigenvalue weighted by Gasteiger charge is 2.23. The molecule has 1 heterocycles. The van der Waals surface area contributed by atoms with E-state index in [1.54, 1.807) is 6.20 Å². The minimum Gasteiger partial charge on any atom is -0.327 e. The van der Waals surface area contributed by atoms with Crippen molar-refractivity contribution in [3.8, 4) is 0 Å². The van der Waals surface area contributed by atoms with E-state index in [0.29, 0.717) is 18.4 Å². The molecule has 0 saturated heterocycles. The Morgan fingerprint density at radius 1 is 1.50 bits per heavy atom. The summed E-state index contributed by atoms with van der Waals surface area (Å²) in [6.45, 7) is 0. The zero-order valence-corrected chi connectivity index (χ0v) is 6.53. The summed E-state index contributed by atoms with van der Waals surface area (Å²) in [7, 11) is 0. The molecular formula is C8H9N3O. The number of nitrogens with two attached hydrogens (primary N) is 1. The number of carbonyl (C=O) groups excluding carboxylic acids is 1. The number of carbonyl (C=O) groups is 1. The average molecular weight is 163 g/mol. The van der Waals surface area contributed by atoms with Crippen LogP contribution in [0.4, 0.5) is 0 Å². The van der Waals surface area contributed by atoms with Crippen molar-refractivity contribution in [2.24, 2.45) is 5.73 Å². The molecule has 0 radical (unpaired) electrons. The van der Waals surface area contributed by atoms with Gasteiger partial charge < -0.3 is 5.73 Å². The first-order chi connectivity index (χ1) is 5.77. The van der Waals surface area contributed by atoms with Crippen LogP contribution >= 0.6 is 0 Å². The summed E-state index contributed by atoms with van der Waals surface area (Å²) in [6, 6.07) is -0.0695. The Labute approximate surface area is 69.8 Å². The van der Waals surface area contributed by atoms with E-state index >= 15 is 0 Å². The highest BCUT2D eigenvalue weighted by molar-refractivity contribution is 5.98. The minimum atomic E-state index is -0.0695. The molecule has 12 heavy (non-hydrogen) atoms. The molecule has 62 valence electrons. The highest BCUT2D eigenvalue weighted by atomic mass is 16.1. The van der Waals surface area contributed by atoms with Crippen molar-refractivity contribution in [3.05, 3.63) is 23.8 Å². The Morgan fingerprint density at radius 3 is 3.17 bits per heavy atom. The second-order valence-corrected chi connectivity index (χ2v) is 2.97. The van der Waals surface area contributed by atoms with Crippen LogP contribution < -0.4 is 5.73 Å². The predicted octanol–water partition coefficient (Wildman–Crippen LogP) is -0.0672. The van der Waals surface area contributed by atoms with Crippen molar-refractivity contribution < 1.29 is 4.79 Å². The van der Waals surface area contributed by atoms with Crippen LogP contribution in [-0.2, 0) is 6.42 Å². The first-order valence-electron chi connectivity index (χ1n) is 3.85. The van der Waals surface area contributed by atoms with Crippen molar-refractivity contribution >= 4 is 5.78 Å². The van der Waals surface area contributed by atoms with Crippen LogP contribution in [0.15, 0.2) is 12.5 Å². The van der Waals surface area contributed by atoms with E-state index in [2.05, 4.69) is 9.97 Å². The smallest absolute Gasteiger partial charge is 0.167 e. The summed E-state index contributed by atoms with van der Waals surface area (Å²) in [5, 5.41) is 0. The Kier molecular flexibility index (Phi) is 1.62. The fourth-order valence-corrected chi connectivity index (χ4v) is 1.42. The number of aromatic nitrogens is 2. The van der Waals surface area contributed by atoms with Gasteiger partial charge in [-0.25, -0.2) is 9.97 Å². The quantitative estimate of drug-likeness (QED) is 0.581. The van der Waals surface area contributed by atoms with Gasteiger partial charge in [0, 0.05) is 25.1 Å². The molecule has 1 unspecified atom stereocenters. The molecule has 4 nitrogen and oxygen atoms in total. The molecule has 0 spiro atoms. The van der Waals surface area contributed by atoms with Crippen molar-refractivity contribution in [1.29, 1.82) is 0 Å². The second-order valence-electron chi connectivity index (χ2n) is 2.97. The number of fused-ring (bicyclic) bond motifs is 1. The van der Waals surface area contributed by atoms with E-state index in [9.17, 15) is 4.79 Å². The topological polar surface area (TPSA) is 68.9 Å². The third kappa shape index (κ3) is 1.10. The van der Waals surface area contributed by atoms with Gasteiger partial charge in [0.2, 0.25) is 0 Å². The summed E-state index contributed by atoms with van der Waals surface area (Å²) in [5.41, 5.74) is 7.08. The van der Waals surface area contributed by atoms with Gasteiger partial charge in [-0.15, -0.1) is 0 Å². The molecule has 0 bridgehead atoms. The SMILES string of the molecule is NC1CC(=O)c2cncnc2C1. The fourth-order valence-electron chi connectivity index (χ4n) is 1.42. The number of rotatable bonds is 0. The molecule has 2 rings (SSSR count). The van der Waals surface area contributed by atoms with Crippen LogP contribution in [0.3, 0.4) is 0 Å². The minimum absolute atomic E-state index is 0.0596.